The molecule has 0 saturated heterocycles. The van der Waals surface area contributed by atoms with E-state index in [0.717, 1.165) is 32.1 Å². The van der Waals surface area contributed by atoms with Crippen LogP contribution < -0.4 is 5.73 Å². The molecule has 0 aliphatic carbocycles. The number of hydrogen-bond donors (Lipinski definition) is 1. The van der Waals surface area contributed by atoms with Crippen molar-refractivity contribution in [2.45, 2.75) is 117 Å². The normalized spacial score (nSPS) is 11.8. The van der Waals surface area contributed by atoms with Crippen LogP contribution in [-0.4, -0.2) is 5.91 Å². The third-order valence-electron chi connectivity index (χ3n) is 5.22. The van der Waals surface area contributed by atoms with Crippen molar-refractivity contribution in [3.63, 3.8) is 0 Å². The fourth-order valence-corrected chi connectivity index (χ4v) is 3.39. The maximum absolute atomic E-state index is 12.0. The topological polar surface area (TPSA) is 43.1 Å². The van der Waals surface area contributed by atoms with E-state index in [1.807, 2.05) is 0 Å². The average molecular weight is 312 g/mol. The molecule has 0 aromatic carbocycles. The Morgan fingerprint density at radius 3 is 1.36 bits per heavy atom. The predicted molar refractivity (Wildman–Crippen MR) is 97.9 cm³/mol. The maximum Gasteiger partial charge on any atom is 0.223 e. The van der Waals surface area contributed by atoms with Crippen LogP contribution in [-0.2, 0) is 4.79 Å². The molecule has 0 aliphatic heterocycles. The zero-order chi connectivity index (χ0) is 16.7. The molecule has 0 unspecified atom stereocenters. The Morgan fingerprint density at radius 1 is 0.682 bits per heavy atom. The first kappa shape index (κ1) is 21.5. The van der Waals surface area contributed by atoms with Gasteiger partial charge >= 0.3 is 0 Å². The van der Waals surface area contributed by atoms with E-state index in [2.05, 4.69) is 20.8 Å². The molecule has 0 heterocycles. The molecule has 0 aromatic rings. The number of nitrogens with two attached hydrogens (primary N) is 1. The van der Waals surface area contributed by atoms with Gasteiger partial charge in [0.1, 0.15) is 0 Å². The predicted octanol–water partition coefficient (Wildman–Crippen LogP) is 6.37. The van der Waals surface area contributed by atoms with Gasteiger partial charge in [0.05, 0.1) is 0 Å². The number of unbranched alkanes of at least 4 members (excludes halogenated alkanes) is 10. The summed E-state index contributed by atoms with van der Waals surface area (Å²) in [5, 5.41) is 0. The van der Waals surface area contributed by atoms with Gasteiger partial charge in [0, 0.05) is 5.41 Å². The molecule has 0 radical (unpaired) electrons. The minimum Gasteiger partial charge on any atom is -0.369 e. The number of hydrogen-bond acceptors (Lipinski definition) is 1. The van der Waals surface area contributed by atoms with Crippen LogP contribution in [0.4, 0.5) is 0 Å². The number of primary amides is 1. The molecule has 0 aliphatic rings. The van der Waals surface area contributed by atoms with Crippen molar-refractivity contribution < 1.29 is 4.79 Å². The van der Waals surface area contributed by atoms with Gasteiger partial charge in [-0.2, -0.15) is 0 Å². The van der Waals surface area contributed by atoms with Crippen molar-refractivity contribution in [3.8, 4) is 0 Å². The Kier molecular flexibility index (Phi) is 13.7. The molecular formula is C20H41NO. The summed E-state index contributed by atoms with van der Waals surface area (Å²) in [6.07, 6.45) is 18.3. The molecule has 0 rings (SSSR count). The second kappa shape index (κ2) is 14.1. The summed E-state index contributed by atoms with van der Waals surface area (Å²) >= 11 is 0. The SMILES string of the molecule is CCCCCCCCC(CC)(CCCCCCCC)C(N)=O. The molecule has 2 heteroatoms. The van der Waals surface area contributed by atoms with Crippen molar-refractivity contribution in [2.75, 3.05) is 0 Å². The van der Waals surface area contributed by atoms with Gasteiger partial charge in [-0.3, -0.25) is 4.79 Å². The first-order valence-corrected chi connectivity index (χ1v) is 9.92. The minimum atomic E-state index is -0.227. The highest BCUT2D eigenvalue weighted by atomic mass is 16.1. The Balaban J connectivity index is 4.04. The van der Waals surface area contributed by atoms with Crippen molar-refractivity contribution in [2.24, 2.45) is 11.1 Å². The van der Waals surface area contributed by atoms with Crippen LogP contribution >= 0.6 is 0 Å². The molecule has 1 amide bonds. The smallest absolute Gasteiger partial charge is 0.223 e. The van der Waals surface area contributed by atoms with Crippen molar-refractivity contribution in [1.82, 2.24) is 0 Å². The first-order valence-electron chi connectivity index (χ1n) is 9.92. The average Bonchev–Trinajstić information content (AvgIpc) is 2.51. The Labute approximate surface area is 139 Å². The number of amides is 1. The summed E-state index contributed by atoms with van der Waals surface area (Å²) in [6, 6.07) is 0. The first-order chi connectivity index (χ1) is 10.6. The van der Waals surface area contributed by atoms with E-state index in [1.54, 1.807) is 0 Å². The van der Waals surface area contributed by atoms with Crippen LogP contribution in [0.25, 0.3) is 0 Å². The van der Waals surface area contributed by atoms with E-state index < -0.39 is 0 Å². The van der Waals surface area contributed by atoms with Crippen LogP contribution in [0.15, 0.2) is 0 Å². The van der Waals surface area contributed by atoms with E-state index in [-0.39, 0.29) is 11.3 Å². The highest BCUT2D eigenvalue weighted by Crippen LogP contribution is 2.35. The van der Waals surface area contributed by atoms with Crippen LogP contribution in [0.5, 0.6) is 0 Å². The van der Waals surface area contributed by atoms with Gasteiger partial charge in [0.15, 0.2) is 0 Å². The van der Waals surface area contributed by atoms with Gasteiger partial charge in [0.25, 0.3) is 0 Å². The fourth-order valence-electron chi connectivity index (χ4n) is 3.39. The maximum atomic E-state index is 12.0. The highest BCUT2D eigenvalue weighted by Gasteiger charge is 2.33. The standard InChI is InChI=1S/C20H41NO/c1-4-7-9-11-13-15-17-20(6-3,19(21)22)18-16-14-12-10-8-5-2/h4-18H2,1-3H3,(H2,21,22). The molecule has 0 bridgehead atoms. The fraction of sp³-hybridized carbons (Fsp3) is 0.950. The summed E-state index contributed by atoms with van der Waals surface area (Å²) < 4.78 is 0. The summed E-state index contributed by atoms with van der Waals surface area (Å²) in [7, 11) is 0. The largest absolute Gasteiger partial charge is 0.369 e. The lowest BCUT2D eigenvalue weighted by Crippen LogP contribution is -2.36. The Hall–Kier alpha value is -0.530. The van der Waals surface area contributed by atoms with Gasteiger partial charge < -0.3 is 5.73 Å². The molecule has 0 aromatic heterocycles. The lowest BCUT2D eigenvalue weighted by atomic mass is 9.75. The number of rotatable bonds is 16. The van der Waals surface area contributed by atoms with Gasteiger partial charge in [-0.25, -0.2) is 0 Å². The van der Waals surface area contributed by atoms with E-state index in [1.165, 1.54) is 64.2 Å². The number of carbonyl (C=O) groups excluding carboxylic acids is 1. The summed E-state index contributed by atoms with van der Waals surface area (Å²) in [5.74, 6) is -0.0582. The van der Waals surface area contributed by atoms with E-state index in [4.69, 9.17) is 5.73 Å². The van der Waals surface area contributed by atoms with Gasteiger partial charge in [-0.05, 0) is 19.3 Å². The lowest BCUT2D eigenvalue weighted by molar-refractivity contribution is -0.129. The number of carbonyl (C=O) groups is 1. The molecule has 0 spiro atoms. The third-order valence-corrected chi connectivity index (χ3v) is 5.22. The lowest BCUT2D eigenvalue weighted by Gasteiger charge is -2.29. The summed E-state index contributed by atoms with van der Waals surface area (Å²) in [6.45, 7) is 6.63. The van der Waals surface area contributed by atoms with Crippen molar-refractivity contribution in [3.05, 3.63) is 0 Å². The van der Waals surface area contributed by atoms with Crippen LogP contribution in [0.1, 0.15) is 117 Å². The van der Waals surface area contributed by atoms with E-state index >= 15 is 0 Å². The second-order valence-electron chi connectivity index (χ2n) is 7.03. The Morgan fingerprint density at radius 2 is 1.05 bits per heavy atom. The van der Waals surface area contributed by atoms with E-state index in [9.17, 15) is 4.79 Å². The van der Waals surface area contributed by atoms with Crippen molar-refractivity contribution >= 4 is 5.91 Å². The second-order valence-corrected chi connectivity index (χ2v) is 7.03. The molecule has 0 atom stereocenters. The third kappa shape index (κ3) is 9.48. The quantitative estimate of drug-likeness (QED) is 0.331. The molecule has 2 nitrogen and oxygen atoms in total. The monoisotopic (exact) mass is 311 g/mol. The highest BCUT2D eigenvalue weighted by molar-refractivity contribution is 5.80. The minimum absolute atomic E-state index is 0.0582. The molecule has 132 valence electrons. The summed E-state index contributed by atoms with van der Waals surface area (Å²) in [4.78, 5) is 12.0. The summed E-state index contributed by atoms with van der Waals surface area (Å²) in [5.41, 5.74) is 5.54. The van der Waals surface area contributed by atoms with Gasteiger partial charge in [-0.15, -0.1) is 0 Å². The van der Waals surface area contributed by atoms with Crippen LogP contribution in [0, 0.1) is 5.41 Å². The zero-order valence-electron chi connectivity index (χ0n) is 15.6. The molecule has 2 N–H and O–H groups in total. The van der Waals surface area contributed by atoms with Crippen LogP contribution in [0.3, 0.4) is 0 Å². The zero-order valence-corrected chi connectivity index (χ0v) is 15.6. The molecular weight excluding hydrogens is 270 g/mol. The molecule has 22 heavy (non-hydrogen) atoms. The molecule has 0 fully saturated rings. The van der Waals surface area contributed by atoms with Gasteiger partial charge in [-0.1, -0.05) is 97.8 Å². The Bertz CT molecular complexity index is 246. The van der Waals surface area contributed by atoms with E-state index in [0.29, 0.717) is 0 Å². The van der Waals surface area contributed by atoms with Gasteiger partial charge in [0.2, 0.25) is 5.91 Å². The van der Waals surface area contributed by atoms with Crippen LogP contribution in [0.2, 0.25) is 0 Å². The van der Waals surface area contributed by atoms with Crippen molar-refractivity contribution in [1.29, 1.82) is 0 Å². The molecule has 0 saturated carbocycles.